The van der Waals surface area contributed by atoms with Gasteiger partial charge in [0.05, 0.1) is 29.1 Å². The lowest BCUT2D eigenvalue weighted by molar-refractivity contribution is 0.0152. The zero-order valence-corrected chi connectivity index (χ0v) is 18.4. The summed E-state index contributed by atoms with van der Waals surface area (Å²) in [7, 11) is 0. The van der Waals surface area contributed by atoms with Crippen molar-refractivity contribution in [2.75, 3.05) is 26.4 Å². The minimum atomic E-state index is -0.456. The third kappa shape index (κ3) is 4.60. The molecule has 1 amide bonds. The standard InChI is InChI=1S/C24H29N3O5/c1-2-19-21-20(14-24(16-25-22(21)29)7-11-31-12-8-24)27(26-19)9-4-10-32-23(30)18-6-3-5-17(13-18)15-28/h3,5-6,13,15H,2,4,7-12,14,16H2,1H3,(H,25,29). The summed E-state index contributed by atoms with van der Waals surface area (Å²) in [5.41, 5.74) is 3.28. The number of carbonyl (C=O) groups excluding carboxylic acids is 3. The summed E-state index contributed by atoms with van der Waals surface area (Å²) in [5, 5.41) is 7.84. The molecule has 1 spiro atoms. The summed E-state index contributed by atoms with van der Waals surface area (Å²) >= 11 is 0. The van der Waals surface area contributed by atoms with E-state index in [1.54, 1.807) is 18.2 Å². The van der Waals surface area contributed by atoms with Gasteiger partial charge in [-0.2, -0.15) is 5.10 Å². The molecule has 1 aromatic carbocycles. The average Bonchev–Trinajstić information content (AvgIpc) is 3.10. The smallest absolute Gasteiger partial charge is 0.338 e. The monoisotopic (exact) mass is 439 g/mol. The van der Waals surface area contributed by atoms with Crippen molar-refractivity contribution in [2.24, 2.45) is 5.41 Å². The Morgan fingerprint density at radius 2 is 2.16 bits per heavy atom. The molecule has 2 aromatic rings. The second-order valence-electron chi connectivity index (χ2n) is 8.55. The number of amides is 1. The molecule has 0 atom stereocenters. The molecule has 0 unspecified atom stereocenters. The second-order valence-corrected chi connectivity index (χ2v) is 8.55. The van der Waals surface area contributed by atoms with Gasteiger partial charge in [-0.1, -0.05) is 19.1 Å². The predicted octanol–water partition coefficient (Wildman–Crippen LogP) is 2.59. The molecular weight excluding hydrogens is 410 g/mol. The summed E-state index contributed by atoms with van der Waals surface area (Å²) < 4.78 is 12.9. The first-order chi connectivity index (χ1) is 15.5. The van der Waals surface area contributed by atoms with Crippen molar-refractivity contribution >= 4 is 18.2 Å². The lowest BCUT2D eigenvalue weighted by Gasteiger charge is -2.36. The molecule has 1 fully saturated rings. The minimum Gasteiger partial charge on any atom is -0.462 e. The number of esters is 1. The summed E-state index contributed by atoms with van der Waals surface area (Å²) in [6.45, 7) is 4.87. The number of nitrogens with zero attached hydrogens (tertiary/aromatic N) is 2. The summed E-state index contributed by atoms with van der Waals surface area (Å²) in [6.07, 6.45) is 4.57. The zero-order chi connectivity index (χ0) is 22.6. The molecule has 2 aliphatic heterocycles. The lowest BCUT2D eigenvalue weighted by Crippen LogP contribution is -2.40. The fourth-order valence-corrected chi connectivity index (χ4v) is 4.56. The molecule has 3 heterocycles. The second kappa shape index (κ2) is 9.65. The van der Waals surface area contributed by atoms with E-state index in [0.717, 1.165) is 30.7 Å². The third-order valence-corrected chi connectivity index (χ3v) is 6.42. The van der Waals surface area contributed by atoms with Crippen LogP contribution in [-0.2, 0) is 28.9 Å². The maximum absolute atomic E-state index is 12.9. The number of aromatic nitrogens is 2. The molecule has 8 heteroatoms. The van der Waals surface area contributed by atoms with Crippen LogP contribution in [0.2, 0.25) is 0 Å². The van der Waals surface area contributed by atoms with E-state index < -0.39 is 5.97 Å². The first-order valence-electron chi connectivity index (χ1n) is 11.2. The molecule has 4 rings (SSSR count). The number of nitrogens with one attached hydrogen (secondary N) is 1. The SMILES string of the molecule is CCc1nn(CCCOC(=O)c2cccc(C=O)c2)c2c1C(=O)NCC1(CCOCC1)C2. The van der Waals surface area contributed by atoms with Crippen molar-refractivity contribution in [3.05, 3.63) is 52.3 Å². The third-order valence-electron chi connectivity index (χ3n) is 6.42. The van der Waals surface area contributed by atoms with E-state index in [4.69, 9.17) is 14.6 Å². The molecule has 0 bridgehead atoms. The van der Waals surface area contributed by atoms with Crippen LogP contribution in [0.3, 0.4) is 0 Å². The number of rotatable bonds is 7. The van der Waals surface area contributed by atoms with Gasteiger partial charge in [-0.25, -0.2) is 4.79 Å². The largest absolute Gasteiger partial charge is 0.462 e. The Kier molecular flexibility index (Phi) is 6.69. The fraction of sp³-hybridized carbons (Fsp3) is 0.500. The number of benzene rings is 1. The first kappa shape index (κ1) is 22.2. The topological polar surface area (TPSA) is 99.5 Å². The molecule has 0 saturated carbocycles. The zero-order valence-electron chi connectivity index (χ0n) is 18.4. The fourth-order valence-electron chi connectivity index (χ4n) is 4.56. The van der Waals surface area contributed by atoms with E-state index >= 15 is 0 Å². The number of aldehydes is 1. The van der Waals surface area contributed by atoms with Crippen molar-refractivity contribution in [3.63, 3.8) is 0 Å². The molecule has 32 heavy (non-hydrogen) atoms. The van der Waals surface area contributed by atoms with Crippen LogP contribution in [0, 0.1) is 5.41 Å². The number of aryl methyl sites for hydroxylation is 2. The Hall–Kier alpha value is -3.00. The van der Waals surface area contributed by atoms with E-state index in [1.807, 2.05) is 11.6 Å². The number of hydrogen-bond acceptors (Lipinski definition) is 6. The van der Waals surface area contributed by atoms with E-state index in [1.165, 1.54) is 6.07 Å². The molecule has 0 radical (unpaired) electrons. The van der Waals surface area contributed by atoms with Crippen molar-refractivity contribution < 1.29 is 23.9 Å². The van der Waals surface area contributed by atoms with Crippen molar-refractivity contribution in [3.8, 4) is 0 Å². The summed E-state index contributed by atoms with van der Waals surface area (Å²) in [4.78, 5) is 36.0. The van der Waals surface area contributed by atoms with Gasteiger partial charge in [-0.15, -0.1) is 0 Å². The van der Waals surface area contributed by atoms with Gasteiger partial charge in [0.2, 0.25) is 0 Å². The first-order valence-corrected chi connectivity index (χ1v) is 11.2. The lowest BCUT2D eigenvalue weighted by atomic mass is 9.76. The Morgan fingerprint density at radius 3 is 2.91 bits per heavy atom. The maximum Gasteiger partial charge on any atom is 0.338 e. The highest BCUT2D eigenvalue weighted by atomic mass is 16.5. The van der Waals surface area contributed by atoms with Crippen LogP contribution >= 0.6 is 0 Å². The molecular formula is C24H29N3O5. The minimum absolute atomic E-state index is 0.00197. The highest BCUT2D eigenvalue weighted by Gasteiger charge is 2.39. The Morgan fingerprint density at radius 1 is 1.34 bits per heavy atom. The van der Waals surface area contributed by atoms with Gasteiger partial charge in [-0.3, -0.25) is 14.3 Å². The molecule has 1 aromatic heterocycles. The quantitative estimate of drug-likeness (QED) is 0.404. The van der Waals surface area contributed by atoms with Gasteiger partial charge >= 0.3 is 5.97 Å². The molecule has 1 saturated heterocycles. The molecule has 2 aliphatic rings. The normalized spacial score (nSPS) is 17.3. The van der Waals surface area contributed by atoms with Gasteiger partial charge in [0.15, 0.2) is 0 Å². The van der Waals surface area contributed by atoms with E-state index in [0.29, 0.717) is 62.1 Å². The average molecular weight is 440 g/mol. The van der Waals surface area contributed by atoms with Crippen LogP contribution in [0.5, 0.6) is 0 Å². The van der Waals surface area contributed by atoms with Crippen LogP contribution in [-0.4, -0.2) is 54.3 Å². The Bertz CT molecular complexity index is 1010. The number of carbonyl (C=O) groups is 3. The van der Waals surface area contributed by atoms with Crippen LogP contribution < -0.4 is 5.32 Å². The predicted molar refractivity (Wildman–Crippen MR) is 117 cm³/mol. The maximum atomic E-state index is 12.9. The van der Waals surface area contributed by atoms with Gasteiger partial charge in [0.25, 0.3) is 5.91 Å². The van der Waals surface area contributed by atoms with Gasteiger partial charge < -0.3 is 14.8 Å². The Labute approximate surface area is 187 Å². The van der Waals surface area contributed by atoms with Gasteiger partial charge in [0, 0.05) is 38.3 Å². The van der Waals surface area contributed by atoms with E-state index in [2.05, 4.69) is 5.32 Å². The highest BCUT2D eigenvalue weighted by Crippen LogP contribution is 2.37. The van der Waals surface area contributed by atoms with Crippen molar-refractivity contribution in [2.45, 2.75) is 45.6 Å². The van der Waals surface area contributed by atoms with Crippen LogP contribution in [0.1, 0.15) is 68.6 Å². The van der Waals surface area contributed by atoms with Crippen molar-refractivity contribution in [1.29, 1.82) is 0 Å². The van der Waals surface area contributed by atoms with E-state index in [-0.39, 0.29) is 17.9 Å². The molecule has 1 N–H and O–H groups in total. The summed E-state index contributed by atoms with van der Waals surface area (Å²) in [6, 6.07) is 6.44. The van der Waals surface area contributed by atoms with Crippen LogP contribution in [0.4, 0.5) is 0 Å². The Balaban J connectivity index is 1.44. The summed E-state index contributed by atoms with van der Waals surface area (Å²) in [5.74, 6) is -0.504. The van der Waals surface area contributed by atoms with Crippen LogP contribution in [0.25, 0.3) is 0 Å². The molecule has 8 nitrogen and oxygen atoms in total. The number of ether oxygens (including phenoxy) is 2. The van der Waals surface area contributed by atoms with Crippen molar-refractivity contribution in [1.82, 2.24) is 15.1 Å². The number of hydrogen-bond donors (Lipinski definition) is 1. The van der Waals surface area contributed by atoms with Gasteiger partial charge in [0.1, 0.15) is 6.29 Å². The molecule has 0 aliphatic carbocycles. The molecule has 170 valence electrons. The number of fused-ring (bicyclic) bond motifs is 1. The van der Waals surface area contributed by atoms with Crippen LogP contribution in [0.15, 0.2) is 24.3 Å². The van der Waals surface area contributed by atoms with E-state index in [9.17, 15) is 14.4 Å². The van der Waals surface area contributed by atoms with Gasteiger partial charge in [-0.05, 0) is 43.2 Å². The highest BCUT2D eigenvalue weighted by molar-refractivity contribution is 5.97.